The largest absolute Gasteiger partial charge is 0.375 e. The Hall–Kier alpha value is -6.52. The number of anilines is 3. The molecule has 0 radical (unpaired) electrons. The topological polar surface area (TPSA) is 13.1 Å². The standard InChI is InChI=1S/C46H28BN3/c1-2-15-32(16-3-1)48-27-26-31-28-38-37-21-11-20-36-35-19-8-9-22-41(35)50(44(36)37)47-39-25-24-30-13-5-7-18-34(30)45(39)49(46(42(38)47)43(31)48)40-23-10-14-29-12-4-6-17-33(29)40/h1-28H. The van der Waals surface area contributed by atoms with Crippen LogP contribution in [0.25, 0.3) is 71.1 Å². The Morgan fingerprint density at radius 2 is 1.14 bits per heavy atom. The van der Waals surface area contributed by atoms with Crippen molar-refractivity contribution in [2.75, 3.05) is 4.90 Å². The Morgan fingerprint density at radius 1 is 0.440 bits per heavy atom. The molecule has 230 valence electrons. The van der Waals surface area contributed by atoms with Crippen LogP contribution in [0, 0.1) is 0 Å². The Morgan fingerprint density at radius 3 is 2.02 bits per heavy atom. The molecule has 2 aliphatic heterocycles. The lowest BCUT2D eigenvalue weighted by Crippen LogP contribution is -2.56. The first kappa shape index (κ1) is 26.4. The van der Waals surface area contributed by atoms with E-state index in [0.717, 1.165) is 5.69 Å². The van der Waals surface area contributed by atoms with Gasteiger partial charge in [0.2, 0.25) is 0 Å². The molecule has 0 spiro atoms. The van der Waals surface area contributed by atoms with Crippen molar-refractivity contribution in [3.63, 3.8) is 0 Å². The third kappa shape index (κ3) is 3.26. The van der Waals surface area contributed by atoms with Gasteiger partial charge in [-0.05, 0) is 63.7 Å². The number of benzene rings is 8. The zero-order valence-electron chi connectivity index (χ0n) is 27.1. The van der Waals surface area contributed by atoms with Gasteiger partial charge in [0.15, 0.2) is 0 Å². The van der Waals surface area contributed by atoms with E-state index in [1.54, 1.807) is 0 Å². The van der Waals surface area contributed by atoms with Gasteiger partial charge in [-0.3, -0.25) is 0 Å². The molecule has 0 aliphatic carbocycles. The highest BCUT2D eigenvalue weighted by Crippen LogP contribution is 2.50. The molecule has 4 heteroatoms. The maximum absolute atomic E-state index is 2.65. The van der Waals surface area contributed by atoms with Gasteiger partial charge in [0.1, 0.15) is 0 Å². The van der Waals surface area contributed by atoms with E-state index in [-0.39, 0.29) is 6.85 Å². The first-order chi connectivity index (χ1) is 24.8. The number of hydrogen-bond acceptors (Lipinski definition) is 1. The predicted octanol–water partition coefficient (Wildman–Crippen LogP) is 10.5. The third-order valence-corrected chi connectivity index (χ3v) is 11.3. The van der Waals surface area contributed by atoms with Gasteiger partial charge < -0.3 is 13.9 Å². The molecule has 0 amide bonds. The van der Waals surface area contributed by atoms with Gasteiger partial charge >= 0.3 is 6.85 Å². The Kier molecular flexibility index (Phi) is 5.05. The number of aromatic nitrogens is 2. The molecule has 0 atom stereocenters. The van der Waals surface area contributed by atoms with E-state index >= 15 is 0 Å². The van der Waals surface area contributed by atoms with Crippen LogP contribution >= 0.6 is 0 Å². The summed E-state index contributed by atoms with van der Waals surface area (Å²) in [7, 11) is 0. The minimum Gasteiger partial charge on any atom is -0.375 e. The van der Waals surface area contributed by atoms with Gasteiger partial charge in [-0.2, -0.15) is 0 Å². The van der Waals surface area contributed by atoms with Crippen molar-refractivity contribution >= 4 is 89.1 Å². The quantitative estimate of drug-likeness (QED) is 0.173. The summed E-state index contributed by atoms with van der Waals surface area (Å²) < 4.78 is 5.06. The molecular weight excluding hydrogens is 605 g/mol. The van der Waals surface area contributed by atoms with Gasteiger partial charge in [0, 0.05) is 55.4 Å². The number of nitrogens with zero attached hydrogens (tertiary/aromatic N) is 3. The van der Waals surface area contributed by atoms with Crippen LogP contribution in [0.4, 0.5) is 17.1 Å². The van der Waals surface area contributed by atoms with Crippen molar-refractivity contribution in [3.05, 3.63) is 170 Å². The lowest BCUT2D eigenvalue weighted by molar-refractivity contribution is 1.12. The minimum atomic E-state index is -0.0216. The molecule has 0 saturated carbocycles. The van der Waals surface area contributed by atoms with Crippen LogP contribution in [0.1, 0.15) is 0 Å². The molecule has 0 unspecified atom stereocenters. The Balaban J connectivity index is 1.35. The summed E-state index contributed by atoms with van der Waals surface area (Å²) in [6.45, 7) is -0.0216. The average Bonchev–Trinajstić information content (AvgIpc) is 3.76. The van der Waals surface area contributed by atoms with E-state index in [1.165, 1.54) is 93.4 Å². The number of fused-ring (bicyclic) bond motifs is 12. The molecule has 50 heavy (non-hydrogen) atoms. The number of para-hydroxylation sites is 3. The SMILES string of the molecule is c1ccc(-n2ccc3cc4c5c(c32)N(c2cccc3ccccc23)c2c(ccc3ccccc23)B5n2c3ccccc3c3cccc-4c32)cc1. The van der Waals surface area contributed by atoms with E-state index in [2.05, 4.69) is 184 Å². The fourth-order valence-electron chi connectivity index (χ4n) is 9.29. The number of rotatable bonds is 2. The van der Waals surface area contributed by atoms with Crippen LogP contribution in [0.2, 0.25) is 0 Å². The van der Waals surface area contributed by atoms with Crippen molar-refractivity contribution in [2.45, 2.75) is 0 Å². The Bertz CT molecular complexity index is 3050. The fraction of sp³-hybridized carbons (Fsp3) is 0. The summed E-state index contributed by atoms with van der Waals surface area (Å²) in [5.41, 5.74) is 13.9. The summed E-state index contributed by atoms with van der Waals surface area (Å²) >= 11 is 0. The van der Waals surface area contributed by atoms with Crippen molar-refractivity contribution in [1.82, 2.24) is 9.05 Å². The van der Waals surface area contributed by atoms with Crippen molar-refractivity contribution in [2.24, 2.45) is 0 Å². The maximum atomic E-state index is 2.65. The van der Waals surface area contributed by atoms with Crippen molar-refractivity contribution < 1.29 is 0 Å². The second-order valence-electron chi connectivity index (χ2n) is 13.7. The van der Waals surface area contributed by atoms with Gasteiger partial charge in [0.05, 0.1) is 22.6 Å². The summed E-state index contributed by atoms with van der Waals surface area (Å²) in [5.74, 6) is 0. The monoisotopic (exact) mass is 633 g/mol. The van der Waals surface area contributed by atoms with E-state index in [0.29, 0.717) is 0 Å². The highest BCUT2D eigenvalue weighted by molar-refractivity contribution is 6.90. The van der Waals surface area contributed by atoms with Crippen LogP contribution in [0.5, 0.6) is 0 Å². The molecule has 0 bridgehead atoms. The maximum Gasteiger partial charge on any atom is 0.333 e. The molecule has 0 fully saturated rings. The fourth-order valence-corrected chi connectivity index (χ4v) is 9.29. The number of hydrogen-bond donors (Lipinski definition) is 0. The molecule has 10 aromatic rings. The summed E-state index contributed by atoms with van der Waals surface area (Å²) in [6.07, 6.45) is 2.26. The van der Waals surface area contributed by atoms with E-state index in [9.17, 15) is 0 Å². The highest BCUT2D eigenvalue weighted by Gasteiger charge is 2.44. The lowest BCUT2D eigenvalue weighted by atomic mass is 9.44. The van der Waals surface area contributed by atoms with Gasteiger partial charge in [-0.25, -0.2) is 0 Å². The summed E-state index contributed by atoms with van der Waals surface area (Å²) in [4.78, 5) is 2.62. The summed E-state index contributed by atoms with van der Waals surface area (Å²) in [6, 6.07) is 60.7. The van der Waals surface area contributed by atoms with Crippen LogP contribution in [0.3, 0.4) is 0 Å². The second-order valence-corrected chi connectivity index (χ2v) is 13.7. The molecule has 2 aromatic heterocycles. The highest BCUT2D eigenvalue weighted by atomic mass is 15.2. The lowest BCUT2D eigenvalue weighted by Gasteiger charge is -2.42. The first-order valence-electron chi connectivity index (χ1n) is 17.4. The molecular formula is C46H28BN3. The average molecular weight is 634 g/mol. The normalized spacial score (nSPS) is 13.1. The van der Waals surface area contributed by atoms with Gasteiger partial charge in [-0.15, -0.1) is 0 Å². The molecule has 2 aliphatic rings. The van der Waals surface area contributed by atoms with Crippen LogP contribution < -0.4 is 15.8 Å². The van der Waals surface area contributed by atoms with Gasteiger partial charge in [0.25, 0.3) is 0 Å². The molecule has 8 aromatic carbocycles. The molecule has 3 nitrogen and oxygen atoms in total. The van der Waals surface area contributed by atoms with E-state index < -0.39 is 0 Å². The predicted molar refractivity (Wildman–Crippen MR) is 212 cm³/mol. The molecule has 4 heterocycles. The minimum absolute atomic E-state index is 0.0216. The molecule has 0 saturated heterocycles. The van der Waals surface area contributed by atoms with E-state index in [4.69, 9.17) is 0 Å². The Labute approximate surface area is 288 Å². The molecule has 0 N–H and O–H groups in total. The first-order valence-corrected chi connectivity index (χ1v) is 17.4. The van der Waals surface area contributed by atoms with Crippen molar-refractivity contribution in [3.8, 4) is 16.8 Å². The third-order valence-electron chi connectivity index (χ3n) is 11.3. The van der Waals surface area contributed by atoms with E-state index in [1.807, 2.05) is 0 Å². The summed E-state index contributed by atoms with van der Waals surface area (Å²) in [5, 5.41) is 8.81. The van der Waals surface area contributed by atoms with Crippen LogP contribution in [-0.4, -0.2) is 15.9 Å². The zero-order valence-corrected chi connectivity index (χ0v) is 27.1. The smallest absolute Gasteiger partial charge is 0.333 e. The van der Waals surface area contributed by atoms with Crippen LogP contribution in [0.15, 0.2) is 170 Å². The second kappa shape index (κ2) is 9.55. The van der Waals surface area contributed by atoms with Gasteiger partial charge in [-0.1, -0.05) is 127 Å². The zero-order chi connectivity index (χ0) is 32.5. The molecule has 12 rings (SSSR count). The van der Waals surface area contributed by atoms with Crippen molar-refractivity contribution in [1.29, 1.82) is 0 Å². The van der Waals surface area contributed by atoms with Crippen LogP contribution in [-0.2, 0) is 0 Å².